The van der Waals surface area contributed by atoms with E-state index in [1.54, 1.807) is 31.4 Å². The summed E-state index contributed by atoms with van der Waals surface area (Å²) in [5, 5.41) is 11.6. The van der Waals surface area contributed by atoms with E-state index in [0.717, 1.165) is 57.4 Å². The average Bonchev–Trinajstić information content (AvgIpc) is 3.57. The molecule has 10 heteroatoms. The first-order chi connectivity index (χ1) is 17.0. The minimum atomic E-state index is -3.51. The van der Waals surface area contributed by atoms with E-state index in [0.29, 0.717) is 42.3 Å². The van der Waals surface area contributed by atoms with Gasteiger partial charge in [0, 0.05) is 38.8 Å². The maximum atomic E-state index is 13.5. The molecule has 0 bridgehead atoms. The fraction of sp³-hybridized carbons (Fsp3) is 0.720. The second-order valence-corrected chi connectivity index (χ2v) is 12.6. The number of carbonyl (C=O) groups is 1. The van der Waals surface area contributed by atoms with E-state index in [-0.39, 0.29) is 18.1 Å². The molecule has 35 heavy (non-hydrogen) atoms. The van der Waals surface area contributed by atoms with Crippen molar-refractivity contribution in [3.8, 4) is 0 Å². The van der Waals surface area contributed by atoms with E-state index in [2.05, 4.69) is 26.4 Å². The minimum Gasteiger partial charge on any atom is -0.380 e. The number of amides is 1. The number of nitrogens with zero attached hydrogens (tertiary/aromatic N) is 1. The normalized spacial score (nSPS) is 34.0. The largest absolute Gasteiger partial charge is 0.380 e. The van der Waals surface area contributed by atoms with E-state index < -0.39 is 15.1 Å². The molecule has 3 aliphatic heterocycles. The summed E-state index contributed by atoms with van der Waals surface area (Å²) >= 11 is 0. The standard InChI is InChI=1S/C25H39N5O4S/c1-34-23-14-19(30-12-2-10-28-30)5-8-24(23)35(32,33)20-6-3-17(4-7-20)15-27-25(31)22-13-18-16-26-11-9-21(18)29-22/h3-4,6-7,18-19,21-24,26,28-29H,2,5,8-16H2,1H3,(H,27,31). The van der Waals surface area contributed by atoms with Gasteiger partial charge in [0.05, 0.1) is 22.3 Å². The van der Waals surface area contributed by atoms with Crippen molar-refractivity contribution < 1.29 is 17.9 Å². The van der Waals surface area contributed by atoms with Crippen molar-refractivity contribution in [2.75, 3.05) is 33.3 Å². The van der Waals surface area contributed by atoms with Gasteiger partial charge in [-0.05, 0) is 75.2 Å². The first-order valence-electron chi connectivity index (χ1n) is 13.1. The van der Waals surface area contributed by atoms with Crippen LogP contribution in [0.1, 0.15) is 44.1 Å². The predicted molar refractivity (Wildman–Crippen MR) is 133 cm³/mol. The lowest BCUT2D eigenvalue weighted by molar-refractivity contribution is -0.123. The molecule has 1 saturated carbocycles. The lowest BCUT2D eigenvalue weighted by Crippen LogP contribution is -2.50. The zero-order valence-electron chi connectivity index (χ0n) is 20.5. The highest BCUT2D eigenvalue weighted by atomic mass is 32.2. The van der Waals surface area contributed by atoms with Gasteiger partial charge < -0.3 is 20.7 Å². The summed E-state index contributed by atoms with van der Waals surface area (Å²) in [6.07, 6.45) is 4.87. The van der Waals surface area contributed by atoms with Gasteiger partial charge in [0.1, 0.15) is 0 Å². The van der Waals surface area contributed by atoms with Gasteiger partial charge in [-0.1, -0.05) is 12.1 Å². The van der Waals surface area contributed by atoms with Crippen molar-refractivity contribution in [2.24, 2.45) is 5.92 Å². The number of piperidine rings is 1. The Morgan fingerprint density at radius 2 is 1.97 bits per heavy atom. The van der Waals surface area contributed by atoms with Gasteiger partial charge in [-0.25, -0.2) is 13.4 Å². The van der Waals surface area contributed by atoms with E-state index in [4.69, 9.17) is 4.74 Å². The van der Waals surface area contributed by atoms with Crippen LogP contribution >= 0.6 is 0 Å². The molecule has 4 N–H and O–H groups in total. The third-order valence-corrected chi connectivity index (χ3v) is 10.6. The van der Waals surface area contributed by atoms with Crippen LogP contribution in [0, 0.1) is 5.92 Å². The Bertz CT molecular complexity index is 968. The van der Waals surface area contributed by atoms with Crippen molar-refractivity contribution in [2.45, 2.75) is 79.4 Å². The quantitative estimate of drug-likeness (QED) is 0.426. The van der Waals surface area contributed by atoms with Crippen LogP contribution in [0.15, 0.2) is 29.2 Å². The van der Waals surface area contributed by atoms with Gasteiger partial charge in [0.2, 0.25) is 5.91 Å². The number of hydrogen-bond acceptors (Lipinski definition) is 8. The molecule has 194 valence electrons. The molecule has 3 saturated heterocycles. The molecule has 1 aromatic carbocycles. The molecule has 6 unspecified atom stereocenters. The average molecular weight is 506 g/mol. The van der Waals surface area contributed by atoms with Crippen LogP contribution in [0.3, 0.4) is 0 Å². The maximum Gasteiger partial charge on any atom is 0.237 e. The number of hydrogen-bond donors (Lipinski definition) is 4. The van der Waals surface area contributed by atoms with Gasteiger partial charge >= 0.3 is 0 Å². The summed E-state index contributed by atoms with van der Waals surface area (Å²) in [5.41, 5.74) is 4.29. The number of sulfone groups is 1. The molecule has 0 spiro atoms. The van der Waals surface area contributed by atoms with Crippen molar-refractivity contribution in [3.63, 3.8) is 0 Å². The fourth-order valence-electron chi connectivity index (χ4n) is 6.32. The van der Waals surface area contributed by atoms with Crippen molar-refractivity contribution in [1.29, 1.82) is 0 Å². The van der Waals surface area contributed by atoms with Gasteiger partial charge in [0.25, 0.3) is 0 Å². The van der Waals surface area contributed by atoms with E-state index >= 15 is 0 Å². The van der Waals surface area contributed by atoms with Crippen LogP contribution in [0.5, 0.6) is 0 Å². The van der Waals surface area contributed by atoms with Crippen LogP contribution in [-0.2, 0) is 25.9 Å². The second-order valence-electron chi connectivity index (χ2n) is 10.5. The summed E-state index contributed by atoms with van der Waals surface area (Å²) in [5.74, 6) is 0.532. The first-order valence-corrected chi connectivity index (χ1v) is 14.6. The molecule has 1 amide bonds. The van der Waals surface area contributed by atoms with E-state index in [1.807, 2.05) is 0 Å². The number of fused-ring (bicyclic) bond motifs is 1. The molecule has 1 aromatic rings. The number of hydrazine groups is 1. The minimum absolute atomic E-state index is 0.0169. The Morgan fingerprint density at radius 1 is 1.14 bits per heavy atom. The Morgan fingerprint density at radius 3 is 2.69 bits per heavy atom. The van der Waals surface area contributed by atoms with Crippen molar-refractivity contribution in [3.05, 3.63) is 29.8 Å². The van der Waals surface area contributed by atoms with Gasteiger partial charge in [-0.3, -0.25) is 10.2 Å². The lowest BCUT2D eigenvalue weighted by Gasteiger charge is -2.38. The summed E-state index contributed by atoms with van der Waals surface area (Å²) in [7, 11) is -1.90. The first kappa shape index (κ1) is 25.1. The Hall–Kier alpha value is -1.56. The van der Waals surface area contributed by atoms with Crippen LogP contribution in [0.2, 0.25) is 0 Å². The van der Waals surface area contributed by atoms with Crippen LogP contribution in [-0.4, -0.2) is 82.1 Å². The summed E-state index contributed by atoms with van der Waals surface area (Å²) in [6.45, 7) is 4.35. The van der Waals surface area contributed by atoms with Gasteiger partial charge in [-0.15, -0.1) is 0 Å². The lowest BCUT2D eigenvalue weighted by atomic mass is 9.92. The number of nitrogens with one attached hydrogen (secondary N) is 4. The maximum absolute atomic E-state index is 13.5. The molecular weight excluding hydrogens is 466 g/mol. The number of ether oxygens (including phenoxy) is 1. The molecule has 0 radical (unpaired) electrons. The zero-order chi connectivity index (χ0) is 24.4. The van der Waals surface area contributed by atoms with Crippen molar-refractivity contribution >= 4 is 15.7 Å². The molecule has 6 atom stereocenters. The van der Waals surface area contributed by atoms with Crippen LogP contribution < -0.4 is 21.4 Å². The second kappa shape index (κ2) is 10.8. The third kappa shape index (κ3) is 5.42. The Labute approximate surface area is 208 Å². The zero-order valence-corrected chi connectivity index (χ0v) is 21.4. The Balaban J connectivity index is 1.16. The molecule has 3 heterocycles. The van der Waals surface area contributed by atoms with E-state index in [9.17, 15) is 13.2 Å². The number of carbonyl (C=O) groups excluding carboxylic acids is 1. The summed E-state index contributed by atoms with van der Waals surface area (Å²) in [6, 6.07) is 7.54. The van der Waals surface area contributed by atoms with Crippen LogP contribution in [0.25, 0.3) is 0 Å². The topological polar surface area (TPSA) is 112 Å². The fourth-order valence-corrected chi connectivity index (χ4v) is 8.25. The van der Waals surface area contributed by atoms with Gasteiger partial charge in [-0.2, -0.15) is 0 Å². The smallest absolute Gasteiger partial charge is 0.237 e. The highest BCUT2D eigenvalue weighted by Gasteiger charge is 2.42. The highest BCUT2D eigenvalue weighted by molar-refractivity contribution is 7.92. The molecule has 4 fully saturated rings. The molecule has 9 nitrogen and oxygen atoms in total. The molecule has 5 rings (SSSR count). The van der Waals surface area contributed by atoms with Gasteiger partial charge in [0.15, 0.2) is 9.84 Å². The Kier molecular flexibility index (Phi) is 7.76. The molecule has 0 aromatic heterocycles. The number of methoxy groups -OCH3 is 1. The van der Waals surface area contributed by atoms with Crippen LogP contribution in [0.4, 0.5) is 0 Å². The molecule has 1 aliphatic carbocycles. The monoisotopic (exact) mass is 505 g/mol. The third-order valence-electron chi connectivity index (χ3n) is 8.33. The number of benzene rings is 1. The highest BCUT2D eigenvalue weighted by Crippen LogP contribution is 2.33. The molecule has 4 aliphatic rings. The summed E-state index contributed by atoms with van der Waals surface area (Å²) < 4.78 is 32.6. The van der Waals surface area contributed by atoms with E-state index in [1.165, 1.54) is 0 Å². The SMILES string of the molecule is COC1CC(N2CCCN2)CCC1S(=O)(=O)c1ccc(CNC(=O)C2CC3CNCCC3N2)cc1. The number of rotatable bonds is 7. The molecular formula is C25H39N5O4S. The van der Waals surface area contributed by atoms with Crippen molar-refractivity contribution in [1.82, 2.24) is 26.4 Å². The summed E-state index contributed by atoms with van der Waals surface area (Å²) in [4.78, 5) is 13.0. The predicted octanol–water partition coefficient (Wildman–Crippen LogP) is 0.563.